The van der Waals surface area contributed by atoms with Gasteiger partial charge >= 0.3 is 29.6 Å². The van der Waals surface area contributed by atoms with Gasteiger partial charge in [0, 0.05) is 11.6 Å². The molecule has 0 aliphatic carbocycles. The number of benzene rings is 1. The van der Waals surface area contributed by atoms with E-state index in [0.29, 0.717) is 11.2 Å². The second-order valence-corrected chi connectivity index (χ2v) is 2.60. The Kier molecular flexibility index (Phi) is 3.25. The van der Waals surface area contributed by atoms with Crippen molar-refractivity contribution in [1.29, 1.82) is 0 Å². The molecule has 1 aromatic carbocycles. The van der Waals surface area contributed by atoms with E-state index in [-0.39, 0.29) is 35.4 Å². The second kappa shape index (κ2) is 4.05. The van der Waals surface area contributed by atoms with E-state index in [4.69, 9.17) is 0 Å². The van der Waals surface area contributed by atoms with E-state index in [2.05, 4.69) is 9.97 Å². The Morgan fingerprint density at radius 2 is 1.62 bits per heavy atom. The molecule has 2 rings (SSSR count). The average Bonchev–Trinajstić information content (AvgIpc) is 2.07. The van der Waals surface area contributed by atoms with Gasteiger partial charge in [0.25, 0.3) is 0 Å². The number of fused-ring (bicyclic) bond motifs is 1. The van der Waals surface area contributed by atoms with Crippen LogP contribution in [-0.2, 0) is 0 Å². The first-order chi connectivity index (χ1) is 5.77. The molecule has 0 spiro atoms. The van der Waals surface area contributed by atoms with Crippen molar-refractivity contribution in [3.05, 3.63) is 30.0 Å². The average molecular weight is 182 g/mol. The Morgan fingerprint density at radius 1 is 1.08 bits per heavy atom. The summed E-state index contributed by atoms with van der Waals surface area (Å²) in [4.78, 5) is 7.96. The maximum absolute atomic E-state index is 11.1. The van der Waals surface area contributed by atoms with Crippen LogP contribution in [0.5, 0.6) is 5.88 Å². The molecule has 0 aliphatic rings. The van der Waals surface area contributed by atoms with Gasteiger partial charge in [0.2, 0.25) is 0 Å². The van der Waals surface area contributed by atoms with Crippen LogP contribution in [0.1, 0.15) is 5.69 Å². The van der Waals surface area contributed by atoms with Gasteiger partial charge < -0.3 is 5.11 Å². The van der Waals surface area contributed by atoms with Crippen LogP contribution in [-0.4, -0.2) is 9.97 Å². The van der Waals surface area contributed by atoms with Crippen molar-refractivity contribution in [3.8, 4) is 5.88 Å². The van der Waals surface area contributed by atoms with Crippen LogP contribution in [0.25, 0.3) is 11.0 Å². The molecule has 60 valence electrons. The van der Waals surface area contributed by atoms with Crippen molar-refractivity contribution in [1.82, 2.24) is 9.97 Å². The molecule has 3 nitrogen and oxygen atoms in total. The van der Waals surface area contributed by atoms with Crippen LogP contribution in [0.2, 0.25) is 0 Å². The van der Waals surface area contributed by atoms with Gasteiger partial charge in [-0.2, -0.15) is 0 Å². The first-order valence-electron chi connectivity index (χ1n) is 3.68. The maximum Gasteiger partial charge on any atom is 1.00 e. The second-order valence-electron chi connectivity index (χ2n) is 2.60. The number of nitrogens with zero attached hydrogens (tertiary/aromatic N) is 2. The van der Waals surface area contributed by atoms with Gasteiger partial charge in [0.1, 0.15) is 0 Å². The molecule has 1 aromatic heterocycles. The van der Waals surface area contributed by atoms with Crippen LogP contribution in [0.4, 0.5) is 0 Å². The zero-order valence-corrected chi connectivity index (χ0v) is 9.61. The third kappa shape index (κ3) is 1.99. The Morgan fingerprint density at radius 3 is 2.23 bits per heavy atom. The smallest absolute Gasteiger partial charge is 0.857 e. The number of aromatic nitrogens is 2. The number of hydrogen-bond donors (Lipinski definition) is 0. The number of para-hydroxylation sites is 2. The van der Waals surface area contributed by atoms with Gasteiger partial charge in [0.05, 0.1) is 11.0 Å². The SMILES string of the molecule is Cc1nc2ccccc2nc1[O-].[Na+]. The Hall–Kier alpha value is -0.640. The summed E-state index contributed by atoms with van der Waals surface area (Å²) in [5.74, 6) is -0.242. The first kappa shape index (κ1) is 10.4. The molecular formula is C9H7N2NaO. The van der Waals surface area contributed by atoms with E-state index in [1.807, 2.05) is 18.2 Å². The Labute approximate surface area is 98.1 Å². The molecule has 0 fully saturated rings. The zero-order valence-electron chi connectivity index (χ0n) is 7.61. The molecule has 1 heterocycles. The summed E-state index contributed by atoms with van der Waals surface area (Å²) in [7, 11) is 0. The van der Waals surface area contributed by atoms with Gasteiger partial charge in [-0.1, -0.05) is 12.1 Å². The number of hydrogen-bond acceptors (Lipinski definition) is 3. The number of rotatable bonds is 0. The van der Waals surface area contributed by atoms with Crippen LogP contribution >= 0.6 is 0 Å². The molecule has 0 radical (unpaired) electrons. The van der Waals surface area contributed by atoms with E-state index in [9.17, 15) is 5.11 Å². The quantitative estimate of drug-likeness (QED) is 0.443. The molecule has 0 saturated heterocycles. The van der Waals surface area contributed by atoms with E-state index in [1.165, 1.54) is 0 Å². The molecule has 0 N–H and O–H groups in total. The summed E-state index contributed by atoms with van der Waals surface area (Å²) in [6.45, 7) is 1.67. The molecule has 0 bridgehead atoms. The summed E-state index contributed by atoms with van der Waals surface area (Å²) in [6, 6.07) is 7.34. The molecule has 4 heteroatoms. The van der Waals surface area contributed by atoms with E-state index in [0.717, 1.165) is 5.52 Å². The number of aryl methyl sites for hydroxylation is 1. The monoisotopic (exact) mass is 182 g/mol. The van der Waals surface area contributed by atoms with Gasteiger partial charge in [-0.3, -0.25) is 9.97 Å². The van der Waals surface area contributed by atoms with Crippen LogP contribution in [0, 0.1) is 6.92 Å². The fourth-order valence-corrected chi connectivity index (χ4v) is 1.07. The molecule has 0 unspecified atom stereocenters. The Bertz CT molecular complexity index is 390. The predicted molar refractivity (Wildman–Crippen MR) is 43.7 cm³/mol. The topological polar surface area (TPSA) is 48.8 Å². The van der Waals surface area contributed by atoms with Crippen molar-refractivity contribution in [2.45, 2.75) is 6.92 Å². The van der Waals surface area contributed by atoms with E-state index >= 15 is 0 Å². The maximum atomic E-state index is 11.1. The molecule has 0 atom stereocenters. The summed E-state index contributed by atoms with van der Waals surface area (Å²) in [5, 5.41) is 11.1. The molecule has 0 amide bonds. The van der Waals surface area contributed by atoms with Crippen molar-refractivity contribution in [2.75, 3.05) is 0 Å². The van der Waals surface area contributed by atoms with Crippen molar-refractivity contribution in [3.63, 3.8) is 0 Å². The summed E-state index contributed by atoms with van der Waals surface area (Å²) in [6.07, 6.45) is 0. The van der Waals surface area contributed by atoms with Gasteiger partial charge in [-0.25, -0.2) is 0 Å². The fourth-order valence-electron chi connectivity index (χ4n) is 1.07. The van der Waals surface area contributed by atoms with Crippen LogP contribution in [0.15, 0.2) is 24.3 Å². The van der Waals surface area contributed by atoms with Crippen molar-refractivity contribution in [2.24, 2.45) is 0 Å². The minimum atomic E-state index is -0.242. The largest absolute Gasteiger partial charge is 1.00 e. The third-order valence-corrected chi connectivity index (χ3v) is 1.70. The molecule has 2 aromatic rings. The van der Waals surface area contributed by atoms with E-state index < -0.39 is 0 Å². The standard InChI is InChI=1S/C9H8N2O.Na/c1-6-9(12)11-8-5-3-2-4-7(8)10-6;/h2-5H,1H3,(H,11,12);/q;+1/p-1. The summed E-state index contributed by atoms with van der Waals surface area (Å²) < 4.78 is 0. The molecule has 0 saturated carbocycles. The zero-order chi connectivity index (χ0) is 8.55. The van der Waals surface area contributed by atoms with E-state index in [1.54, 1.807) is 13.0 Å². The summed E-state index contributed by atoms with van der Waals surface area (Å²) in [5.41, 5.74) is 1.89. The van der Waals surface area contributed by atoms with Crippen molar-refractivity contribution < 1.29 is 34.7 Å². The minimum Gasteiger partial charge on any atom is -0.857 e. The summed E-state index contributed by atoms with van der Waals surface area (Å²) >= 11 is 0. The third-order valence-electron chi connectivity index (χ3n) is 1.70. The fraction of sp³-hybridized carbons (Fsp3) is 0.111. The van der Waals surface area contributed by atoms with Gasteiger partial charge in [-0.15, -0.1) is 0 Å². The van der Waals surface area contributed by atoms with Crippen LogP contribution in [0.3, 0.4) is 0 Å². The Balaban J connectivity index is 0.000000845. The van der Waals surface area contributed by atoms with Gasteiger partial charge in [-0.05, 0) is 19.1 Å². The van der Waals surface area contributed by atoms with Crippen molar-refractivity contribution >= 4 is 11.0 Å². The van der Waals surface area contributed by atoms with Crippen LogP contribution < -0.4 is 34.7 Å². The predicted octanol–water partition coefficient (Wildman–Crippen LogP) is -1.98. The molecule has 0 aliphatic heterocycles. The first-order valence-corrected chi connectivity index (χ1v) is 3.68. The normalized spacial score (nSPS) is 9.62. The molecular weight excluding hydrogens is 175 g/mol. The molecule has 13 heavy (non-hydrogen) atoms. The van der Waals surface area contributed by atoms with Gasteiger partial charge in [0.15, 0.2) is 0 Å². The minimum absolute atomic E-state index is 0.